The van der Waals surface area contributed by atoms with Gasteiger partial charge in [-0.1, -0.05) is 12.1 Å². The highest BCUT2D eigenvalue weighted by Crippen LogP contribution is 2.26. The van der Waals surface area contributed by atoms with Gasteiger partial charge in [-0.15, -0.1) is 0 Å². The number of benzene rings is 2. The van der Waals surface area contributed by atoms with Crippen LogP contribution in [0.2, 0.25) is 0 Å². The molecular weight excluding hydrogens is 383 g/mol. The normalized spacial score (nSPS) is 11.3. The molecule has 0 radical (unpaired) electrons. The fourth-order valence-electron chi connectivity index (χ4n) is 2.01. The Balaban J connectivity index is 2.21. The first-order valence-corrected chi connectivity index (χ1v) is 8.91. The van der Waals surface area contributed by atoms with E-state index in [4.69, 9.17) is 0 Å². The van der Waals surface area contributed by atoms with Gasteiger partial charge in [0, 0.05) is 11.8 Å². The molecule has 11 heteroatoms. The van der Waals surface area contributed by atoms with Crippen molar-refractivity contribution in [3.8, 4) is 0 Å². The van der Waals surface area contributed by atoms with Gasteiger partial charge in [0.25, 0.3) is 5.91 Å². The number of nitrogens with one attached hydrogen (secondary N) is 2. The minimum absolute atomic E-state index is 0.0949. The molecule has 0 bridgehead atoms. The Kier molecular flexibility index (Phi) is 5.50. The van der Waals surface area contributed by atoms with Crippen LogP contribution in [-0.2, 0) is 15.6 Å². The highest BCUT2D eigenvalue weighted by Gasteiger charge is 2.26. The Hall–Kier alpha value is -2.69. The minimum atomic E-state index is -3.37. The summed E-state index contributed by atoms with van der Waals surface area (Å²) in [5.74, 6) is -12.3. The predicted octanol–water partition coefficient (Wildman–Crippen LogP) is 2.68. The van der Waals surface area contributed by atoms with Gasteiger partial charge >= 0.3 is 0 Å². The maximum atomic E-state index is 13.5. The van der Waals surface area contributed by atoms with Crippen LogP contribution in [-0.4, -0.2) is 20.6 Å². The molecule has 0 spiro atoms. The summed E-state index contributed by atoms with van der Waals surface area (Å²) in [5, 5.41) is 0. The van der Waals surface area contributed by atoms with Gasteiger partial charge in [-0.05, 0) is 17.7 Å². The zero-order chi connectivity index (χ0) is 19.6. The Morgan fingerprint density at radius 3 is 2.04 bits per heavy atom. The fraction of sp³-hybridized carbons (Fsp3) is 0.133. The van der Waals surface area contributed by atoms with Crippen LogP contribution in [0.5, 0.6) is 0 Å². The molecule has 2 aromatic rings. The number of carbonyl (C=O) groups excluding carboxylic acids is 1. The van der Waals surface area contributed by atoms with Crippen molar-refractivity contribution in [2.75, 3.05) is 11.7 Å². The van der Waals surface area contributed by atoms with Crippen LogP contribution < -0.4 is 10.9 Å². The average Bonchev–Trinajstić information content (AvgIpc) is 2.56. The number of carbonyl (C=O) groups is 1. The first kappa shape index (κ1) is 19.6. The molecule has 26 heavy (non-hydrogen) atoms. The number of sulfone groups is 1. The summed E-state index contributed by atoms with van der Waals surface area (Å²) in [6.07, 6.45) is 0.991. The molecule has 0 saturated heterocycles. The van der Waals surface area contributed by atoms with Crippen molar-refractivity contribution in [3.05, 3.63) is 64.5 Å². The van der Waals surface area contributed by atoms with Crippen molar-refractivity contribution in [1.29, 1.82) is 0 Å². The highest BCUT2D eigenvalue weighted by molar-refractivity contribution is 7.89. The molecule has 0 heterocycles. The van der Waals surface area contributed by atoms with Crippen LogP contribution in [0, 0.1) is 29.1 Å². The van der Waals surface area contributed by atoms with Crippen molar-refractivity contribution in [2.45, 2.75) is 5.75 Å². The number of hydrogen-bond donors (Lipinski definition) is 2. The van der Waals surface area contributed by atoms with Crippen molar-refractivity contribution in [1.82, 2.24) is 5.43 Å². The molecule has 0 aromatic heterocycles. The molecule has 5 nitrogen and oxygen atoms in total. The van der Waals surface area contributed by atoms with E-state index in [-0.39, 0.29) is 16.9 Å². The molecule has 0 atom stereocenters. The molecule has 0 unspecified atom stereocenters. The summed E-state index contributed by atoms with van der Waals surface area (Å²) in [5.41, 5.74) is 2.18. The van der Waals surface area contributed by atoms with Crippen LogP contribution in [0.25, 0.3) is 0 Å². The molecule has 2 rings (SSSR count). The zero-order valence-electron chi connectivity index (χ0n) is 13.0. The third-order valence-corrected chi connectivity index (χ3v) is 3.99. The average molecular weight is 394 g/mol. The largest absolute Gasteiger partial charge is 0.293 e. The lowest BCUT2D eigenvalue weighted by molar-refractivity contribution is 0.0962. The first-order valence-electron chi connectivity index (χ1n) is 6.85. The second-order valence-electron chi connectivity index (χ2n) is 5.29. The van der Waals surface area contributed by atoms with Crippen LogP contribution in [0.4, 0.5) is 27.6 Å². The number of rotatable bonds is 5. The van der Waals surface area contributed by atoms with E-state index in [1.165, 1.54) is 24.3 Å². The van der Waals surface area contributed by atoms with Gasteiger partial charge in [0.1, 0.15) is 5.69 Å². The number of hydrazine groups is 1. The van der Waals surface area contributed by atoms with Crippen molar-refractivity contribution >= 4 is 21.4 Å². The maximum Gasteiger partial charge on any atom is 0.269 e. The van der Waals surface area contributed by atoms with E-state index in [2.05, 4.69) is 0 Å². The van der Waals surface area contributed by atoms with E-state index in [1.54, 1.807) is 10.9 Å². The van der Waals surface area contributed by atoms with Crippen LogP contribution in [0.3, 0.4) is 0 Å². The van der Waals surface area contributed by atoms with E-state index >= 15 is 0 Å². The summed E-state index contributed by atoms with van der Waals surface area (Å²) in [7, 11) is -3.37. The Bertz CT molecular complexity index is 950. The number of hydrogen-bond acceptors (Lipinski definition) is 4. The van der Waals surface area contributed by atoms with E-state index in [0.29, 0.717) is 0 Å². The standard InChI is InChI=1S/C15H11F5N2O3S/c1-26(24,25)6-7-3-2-4-8(5-7)15(23)22-21-14-12(19)10(17)9(16)11(18)13(14)20/h2-5,21H,6H2,1H3,(H,22,23). The monoisotopic (exact) mass is 394 g/mol. The molecule has 0 saturated carbocycles. The van der Waals surface area contributed by atoms with Crippen LogP contribution in [0.1, 0.15) is 15.9 Å². The van der Waals surface area contributed by atoms with Gasteiger partial charge in [0.05, 0.1) is 5.75 Å². The smallest absolute Gasteiger partial charge is 0.269 e. The van der Waals surface area contributed by atoms with E-state index < -0.39 is 50.5 Å². The number of anilines is 1. The Morgan fingerprint density at radius 2 is 1.50 bits per heavy atom. The highest BCUT2D eigenvalue weighted by atomic mass is 32.2. The minimum Gasteiger partial charge on any atom is -0.293 e. The number of amides is 1. The second-order valence-corrected chi connectivity index (χ2v) is 7.43. The van der Waals surface area contributed by atoms with E-state index in [0.717, 1.165) is 6.26 Å². The molecule has 0 fully saturated rings. The Labute approximate surface area is 144 Å². The summed E-state index contributed by atoms with van der Waals surface area (Å²) < 4.78 is 88.7. The Morgan fingerprint density at radius 1 is 0.962 bits per heavy atom. The molecule has 140 valence electrons. The summed E-state index contributed by atoms with van der Waals surface area (Å²) in [6, 6.07) is 5.28. The van der Waals surface area contributed by atoms with Gasteiger partial charge < -0.3 is 0 Å². The van der Waals surface area contributed by atoms with Crippen molar-refractivity contribution < 1.29 is 35.2 Å². The van der Waals surface area contributed by atoms with Crippen LogP contribution in [0.15, 0.2) is 24.3 Å². The van der Waals surface area contributed by atoms with Gasteiger partial charge in [-0.25, -0.2) is 30.4 Å². The lowest BCUT2D eigenvalue weighted by Crippen LogP contribution is -2.31. The maximum absolute atomic E-state index is 13.5. The van der Waals surface area contributed by atoms with Gasteiger partial charge in [-0.3, -0.25) is 15.6 Å². The third kappa shape index (κ3) is 4.28. The topological polar surface area (TPSA) is 75.3 Å². The molecule has 0 aliphatic heterocycles. The predicted molar refractivity (Wildman–Crippen MR) is 82.3 cm³/mol. The second kappa shape index (κ2) is 7.28. The quantitative estimate of drug-likeness (QED) is 0.354. The van der Waals surface area contributed by atoms with E-state index in [9.17, 15) is 35.2 Å². The number of halogens is 5. The van der Waals surface area contributed by atoms with Crippen molar-refractivity contribution in [2.24, 2.45) is 0 Å². The molecular formula is C15H11F5N2O3S. The summed E-state index contributed by atoms with van der Waals surface area (Å²) in [4.78, 5) is 12.0. The van der Waals surface area contributed by atoms with Crippen LogP contribution >= 0.6 is 0 Å². The lowest BCUT2D eigenvalue weighted by Gasteiger charge is -2.12. The molecule has 0 aliphatic carbocycles. The fourth-order valence-corrected chi connectivity index (χ4v) is 2.80. The molecule has 1 amide bonds. The zero-order valence-corrected chi connectivity index (χ0v) is 13.9. The van der Waals surface area contributed by atoms with Gasteiger partial charge in [-0.2, -0.15) is 0 Å². The lowest BCUT2D eigenvalue weighted by atomic mass is 10.1. The first-order chi connectivity index (χ1) is 12.0. The third-order valence-electron chi connectivity index (χ3n) is 3.13. The molecule has 2 N–H and O–H groups in total. The SMILES string of the molecule is CS(=O)(=O)Cc1cccc(C(=O)NNc2c(F)c(F)c(F)c(F)c2F)c1. The van der Waals surface area contributed by atoms with Crippen molar-refractivity contribution in [3.63, 3.8) is 0 Å². The van der Waals surface area contributed by atoms with Gasteiger partial charge in [0.15, 0.2) is 33.1 Å². The molecule has 2 aromatic carbocycles. The van der Waals surface area contributed by atoms with Gasteiger partial charge in [0.2, 0.25) is 5.82 Å². The van der Waals surface area contributed by atoms with E-state index in [1.807, 2.05) is 0 Å². The molecule has 0 aliphatic rings. The summed E-state index contributed by atoms with van der Waals surface area (Å²) >= 11 is 0. The summed E-state index contributed by atoms with van der Waals surface area (Å²) in [6.45, 7) is 0.